The SMILES string of the molecule is COc1cc(NC(=O)C2CCC(C(C)(C)C)CC2)ccc1NS(C)(=O)=O. The molecule has 6 nitrogen and oxygen atoms in total. The highest BCUT2D eigenvalue weighted by Gasteiger charge is 2.32. The second kappa shape index (κ2) is 7.86. The Morgan fingerprint density at radius 2 is 1.77 bits per heavy atom. The maximum atomic E-state index is 12.6. The first-order valence-electron chi connectivity index (χ1n) is 8.96. The van der Waals surface area contributed by atoms with Crippen LogP contribution in [0.1, 0.15) is 46.5 Å². The summed E-state index contributed by atoms with van der Waals surface area (Å²) in [4.78, 5) is 12.6. The smallest absolute Gasteiger partial charge is 0.229 e. The fourth-order valence-electron chi connectivity index (χ4n) is 3.52. The molecule has 26 heavy (non-hydrogen) atoms. The van der Waals surface area contributed by atoms with Crippen LogP contribution in [0.25, 0.3) is 0 Å². The number of sulfonamides is 1. The van der Waals surface area contributed by atoms with Crippen molar-refractivity contribution >= 4 is 27.3 Å². The molecule has 1 amide bonds. The van der Waals surface area contributed by atoms with Gasteiger partial charge in [-0.05, 0) is 49.1 Å². The summed E-state index contributed by atoms with van der Waals surface area (Å²) in [5.41, 5.74) is 1.24. The molecule has 0 spiro atoms. The van der Waals surface area contributed by atoms with E-state index in [2.05, 4.69) is 30.8 Å². The monoisotopic (exact) mass is 382 g/mol. The van der Waals surface area contributed by atoms with E-state index in [4.69, 9.17) is 4.74 Å². The van der Waals surface area contributed by atoms with E-state index >= 15 is 0 Å². The van der Waals surface area contributed by atoms with Crippen molar-refractivity contribution in [2.45, 2.75) is 46.5 Å². The Morgan fingerprint density at radius 1 is 1.15 bits per heavy atom. The maximum absolute atomic E-state index is 12.6. The molecular weight excluding hydrogens is 352 g/mol. The van der Waals surface area contributed by atoms with Crippen molar-refractivity contribution in [3.8, 4) is 5.75 Å². The van der Waals surface area contributed by atoms with Gasteiger partial charge in [0.1, 0.15) is 5.75 Å². The molecule has 0 heterocycles. The van der Waals surface area contributed by atoms with Crippen LogP contribution >= 0.6 is 0 Å². The molecule has 1 aliphatic rings. The van der Waals surface area contributed by atoms with Crippen LogP contribution in [0.5, 0.6) is 5.75 Å². The third-order valence-electron chi connectivity index (χ3n) is 5.09. The normalized spacial score (nSPS) is 21.1. The number of rotatable bonds is 5. The van der Waals surface area contributed by atoms with Gasteiger partial charge in [-0.2, -0.15) is 0 Å². The Bertz CT molecular complexity index is 745. The van der Waals surface area contributed by atoms with E-state index < -0.39 is 10.0 Å². The minimum atomic E-state index is -3.40. The molecule has 2 N–H and O–H groups in total. The summed E-state index contributed by atoms with van der Waals surface area (Å²) in [6.45, 7) is 6.78. The topological polar surface area (TPSA) is 84.5 Å². The van der Waals surface area contributed by atoms with Gasteiger partial charge in [0.15, 0.2) is 0 Å². The Kier molecular flexibility index (Phi) is 6.21. The second-order valence-electron chi connectivity index (χ2n) is 8.19. The van der Waals surface area contributed by atoms with Crippen molar-refractivity contribution in [2.24, 2.45) is 17.3 Å². The van der Waals surface area contributed by atoms with Crippen LogP contribution in [0.15, 0.2) is 18.2 Å². The van der Waals surface area contributed by atoms with Crippen LogP contribution in [0, 0.1) is 17.3 Å². The summed E-state index contributed by atoms with van der Waals surface area (Å²) >= 11 is 0. The van der Waals surface area contributed by atoms with Crippen molar-refractivity contribution in [1.29, 1.82) is 0 Å². The molecule has 0 aromatic heterocycles. The molecule has 0 bridgehead atoms. The summed E-state index contributed by atoms with van der Waals surface area (Å²) in [6.07, 6.45) is 5.03. The van der Waals surface area contributed by atoms with Gasteiger partial charge in [-0.15, -0.1) is 0 Å². The van der Waals surface area contributed by atoms with Gasteiger partial charge in [-0.3, -0.25) is 9.52 Å². The first-order valence-corrected chi connectivity index (χ1v) is 10.9. The average Bonchev–Trinajstić information content (AvgIpc) is 2.54. The van der Waals surface area contributed by atoms with Gasteiger partial charge >= 0.3 is 0 Å². The third kappa shape index (κ3) is 5.62. The summed E-state index contributed by atoms with van der Waals surface area (Å²) in [6, 6.07) is 4.90. The van der Waals surface area contributed by atoms with E-state index in [1.807, 2.05) is 0 Å². The summed E-state index contributed by atoms with van der Waals surface area (Å²) in [7, 11) is -1.94. The maximum Gasteiger partial charge on any atom is 0.229 e. The van der Waals surface area contributed by atoms with E-state index in [1.54, 1.807) is 18.2 Å². The average molecular weight is 383 g/mol. The third-order valence-corrected chi connectivity index (χ3v) is 5.68. The zero-order chi connectivity index (χ0) is 19.5. The van der Waals surface area contributed by atoms with Crippen LogP contribution in [0.3, 0.4) is 0 Å². The number of nitrogens with one attached hydrogen (secondary N) is 2. The lowest BCUT2D eigenvalue weighted by Gasteiger charge is -2.36. The number of anilines is 2. The molecule has 0 atom stereocenters. The molecule has 0 saturated heterocycles. The number of methoxy groups -OCH3 is 1. The molecule has 1 aliphatic carbocycles. The van der Waals surface area contributed by atoms with Gasteiger partial charge in [0.05, 0.1) is 19.1 Å². The highest BCUT2D eigenvalue weighted by Crippen LogP contribution is 2.40. The minimum absolute atomic E-state index is 0.0169. The number of carbonyl (C=O) groups is 1. The molecule has 0 unspecified atom stereocenters. The van der Waals surface area contributed by atoms with Crippen molar-refractivity contribution in [3.63, 3.8) is 0 Å². The van der Waals surface area contributed by atoms with E-state index in [0.29, 0.717) is 23.0 Å². The van der Waals surface area contributed by atoms with Gasteiger partial charge in [0, 0.05) is 17.7 Å². The lowest BCUT2D eigenvalue weighted by molar-refractivity contribution is -0.121. The van der Waals surface area contributed by atoms with Crippen LogP contribution in [0.4, 0.5) is 11.4 Å². The fourth-order valence-corrected chi connectivity index (χ4v) is 4.09. The predicted octanol–water partition coefficient (Wildman–Crippen LogP) is 3.86. The van der Waals surface area contributed by atoms with E-state index in [0.717, 1.165) is 31.9 Å². The second-order valence-corrected chi connectivity index (χ2v) is 9.94. The Labute approximate surface area is 156 Å². The van der Waals surface area contributed by atoms with Crippen molar-refractivity contribution in [2.75, 3.05) is 23.4 Å². The van der Waals surface area contributed by atoms with Crippen LogP contribution in [0.2, 0.25) is 0 Å². The Morgan fingerprint density at radius 3 is 2.27 bits per heavy atom. The number of hydrogen-bond acceptors (Lipinski definition) is 4. The molecule has 1 aromatic rings. The van der Waals surface area contributed by atoms with Crippen LogP contribution in [-0.4, -0.2) is 27.7 Å². The number of hydrogen-bond donors (Lipinski definition) is 2. The van der Waals surface area contributed by atoms with Crippen molar-refractivity contribution in [3.05, 3.63) is 18.2 Å². The Hall–Kier alpha value is -1.76. The summed E-state index contributed by atoms with van der Waals surface area (Å²) in [5, 5.41) is 2.93. The number of benzene rings is 1. The number of ether oxygens (including phenoxy) is 1. The van der Waals surface area contributed by atoms with Crippen molar-refractivity contribution in [1.82, 2.24) is 0 Å². The van der Waals surface area contributed by atoms with E-state index in [1.165, 1.54) is 7.11 Å². The van der Waals surface area contributed by atoms with E-state index in [9.17, 15) is 13.2 Å². The first-order chi connectivity index (χ1) is 12.0. The molecule has 2 rings (SSSR count). The lowest BCUT2D eigenvalue weighted by Crippen LogP contribution is -2.31. The highest BCUT2D eigenvalue weighted by molar-refractivity contribution is 7.92. The summed E-state index contributed by atoms with van der Waals surface area (Å²) < 4.78 is 30.4. The highest BCUT2D eigenvalue weighted by atomic mass is 32.2. The van der Waals surface area contributed by atoms with Crippen molar-refractivity contribution < 1.29 is 17.9 Å². The van der Waals surface area contributed by atoms with Crippen LogP contribution < -0.4 is 14.8 Å². The fraction of sp³-hybridized carbons (Fsp3) is 0.632. The van der Waals surface area contributed by atoms with Gasteiger partial charge in [0.2, 0.25) is 15.9 Å². The zero-order valence-electron chi connectivity index (χ0n) is 16.3. The van der Waals surface area contributed by atoms with Crippen LogP contribution in [-0.2, 0) is 14.8 Å². The van der Waals surface area contributed by atoms with Gasteiger partial charge in [0.25, 0.3) is 0 Å². The van der Waals surface area contributed by atoms with E-state index in [-0.39, 0.29) is 17.2 Å². The quantitative estimate of drug-likeness (QED) is 0.810. The predicted molar refractivity (Wildman–Crippen MR) is 105 cm³/mol. The zero-order valence-corrected chi connectivity index (χ0v) is 17.1. The van der Waals surface area contributed by atoms with Gasteiger partial charge in [-0.25, -0.2) is 8.42 Å². The number of carbonyl (C=O) groups excluding carboxylic acids is 1. The number of amides is 1. The molecule has 7 heteroatoms. The minimum Gasteiger partial charge on any atom is -0.494 e. The lowest BCUT2D eigenvalue weighted by atomic mass is 9.69. The first kappa shape index (κ1) is 20.6. The molecule has 146 valence electrons. The molecule has 1 aromatic carbocycles. The van der Waals surface area contributed by atoms with Gasteiger partial charge < -0.3 is 10.1 Å². The Balaban J connectivity index is 2.01. The molecular formula is C19H30N2O4S. The summed E-state index contributed by atoms with van der Waals surface area (Å²) in [5.74, 6) is 1.06. The largest absolute Gasteiger partial charge is 0.494 e. The molecule has 1 fully saturated rings. The molecule has 0 aliphatic heterocycles. The standard InChI is InChI=1S/C19H30N2O4S/c1-19(2,3)14-8-6-13(7-9-14)18(22)20-15-10-11-16(17(12-15)25-4)21-26(5,23)24/h10-14,21H,6-9H2,1-5H3,(H,20,22). The molecule has 0 radical (unpaired) electrons. The molecule has 1 saturated carbocycles. The van der Waals surface area contributed by atoms with Gasteiger partial charge in [-0.1, -0.05) is 20.8 Å².